The average molecular weight is 351 g/mol. The van der Waals surface area contributed by atoms with Crippen LogP contribution in [0, 0.1) is 17.5 Å². The Hall–Kier alpha value is -2.61. The van der Waals surface area contributed by atoms with E-state index < -0.39 is 23.4 Å². The summed E-state index contributed by atoms with van der Waals surface area (Å²) in [4.78, 5) is 16.1. The van der Waals surface area contributed by atoms with E-state index >= 15 is 0 Å². The van der Waals surface area contributed by atoms with Crippen molar-refractivity contribution >= 4 is 17.3 Å². The van der Waals surface area contributed by atoms with Gasteiger partial charge < -0.3 is 15.4 Å². The number of nitrogens with zero attached hydrogens (tertiary/aromatic N) is 1. The van der Waals surface area contributed by atoms with E-state index in [0.29, 0.717) is 18.8 Å². The molecule has 1 aromatic heterocycles. The number of pyridine rings is 1. The molecule has 2 N–H and O–H groups in total. The number of ether oxygens (including phenoxy) is 1. The molecule has 2 heterocycles. The normalized spacial score (nSPS) is 16.7. The predicted molar refractivity (Wildman–Crippen MR) is 85.1 cm³/mol. The molecule has 0 saturated carbocycles. The van der Waals surface area contributed by atoms with Crippen molar-refractivity contribution in [1.82, 2.24) is 10.3 Å². The van der Waals surface area contributed by atoms with Crippen molar-refractivity contribution in [2.24, 2.45) is 0 Å². The van der Waals surface area contributed by atoms with Gasteiger partial charge in [-0.25, -0.2) is 13.2 Å². The summed E-state index contributed by atoms with van der Waals surface area (Å²) in [6.45, 7) is 1.08. The number of carbonyl (C=O) groups excluding carboxylic acids is 1. The number of benzene rings is 1. The fourth-order valence-electron chi connectivity index (χ4n) is 2.51. The first-order valence-electron chi connectivity index (χ1n) is 7.81. The van der Waals surface area contributed by atoms with Crippen LogP contribution in [0.3, 0.4) is 0 Å². The zero-order valence-electron chi connectivity index (χ0n) is 13.2. The zero-order chi connectivity index (χ0) is 17.8. The van der Waals surface area contributed by atoms with E-state index in [-0.39, 0.29) is 17.5 Å². The minimum atomic E-state index is -1.56. The summed E-state index contributed by atoms with van der Waals surface area (Å²) in [5, 5.41) is 5.33. The summed E-state index contributed by atoms with van der Waals surface area (Å²) in [6.07, 6.45) is 3.23. The van der Waals surface area contributed by atoms with E-state index in [4.69, 9.17) is 4.74 Å². The van der Waals surface area contributed by atoms with Crippen molar-refractivity contribution in [3.63, 3.8) is 0 Å². The molecular weight excluding hydrogens is 335 g/mol. The summed E-state index contributed by atoms with van der Waals surface area (Å²) in [7, 11) is 0. The van der Waals surface area contributed by atoms with Gasteiger partial charge in [0.15, 0.2) is 17.5 Å². The van der Waals surface area contributed by atoms with Crippen LogP contribution in [0.4, 0.5) is 24.5 Å². The molecule has 1 fully saturated rings. The highest BCUT2D eigenvalue weighted by molar-refractivity contribution is 5.93. The molecule has 3 rings (SSSR count). The van der Waals surface area contributed by atoms with Crippen LogP contribution in [-0.2, 0) is 4.74 Å². The zero-order valence-corrected chi connectivity index (χ0v) is 13.2. The number of carbonyl (C=O) groups is 1. The first-order valence-corrected chi connectivity index (χ1v) is 7.81. The molecule has 1 unspecified atom stereocenters. The Bertz CT molecular complexity index is 780. The lowest BCUT2D eigenvalue weighted by Gasteiger charge is -2.12. The van der Waals surface area contributed by atoms with Gasteiger partial charge in [0.25, 0.3) is 5.91 Å². The maximum atomic E-state index is 13.7. The Morgan fingerprint density at radius 2 is 2.08 bits per heavy atom. The third-order valence-electron chi connectivity index (χ3n) is 3.82. The molecule has 0 aliphatic carbocycles. The number of hydrogen-bond donors (Lipinski definition) is 2. The molecule has 1 amide bonds. The molecule has 1 saturated heterocycles. The number of aromatic nitrogens is 1. The summed E-state index contributed by atoms with van der Waals surface area (Å²) in [5.41, 5.74) is 0.198. The van der Waals surface area contributed by atoms with Crippen LogP contribution in [0.5, 0.6) is 0 Å². The van der Waals surface area contributed by atoms with Crippen LogP contribution in [0.25, 0.3) is 0 Å². The van der Waals surface area contributed by atoms with Crippen molar-refractivity contribution in [3.8, 4) is 0 Å². The van der Waals surface area contributed by atoms with Gasteiger partial charge in [-0.2, -0.15) is 0 Å². The number of hydrogen-bond acceptors (Lipinski definition) is 4. The molecule has 0 bridgehead atoms. The second-order valence-electron chi connectivity index (χ2n) is 5.62. The lowest BCUT2D eigenvalue weighted by Crippen LogP contribution is -2.32. The summed E-state index contributed by atoms with van der Waals surface area (Å²) in [5.74, 6) is -4.56. The van der Waals surface area contributed by atoms with Gasteiger partial charge in [-0.05, 0) is 37.1 Å². The summed E-state index contributed by atoms with van der Waals surface area (Å²) >= 11 is 0. The van der Waals surface area contributed by atoms with E-state index in [2.05, 4.69) is 15.6 Å². The standard InChI is InChI=1S/C17H16F3N3O2/c18-12-3-4-13(16(20)15(12)19)23-10-5-6-21-14(8-10)17(24)22-9-11-2-1-7-25-11/h3-6,8,11H,1-2,7,9H2,(H,21,23)(H,22,24). The highest BCUT2D eigenvalue weighted by Crippen LogP contribution is 2.23. The Labute approximate surface area is 142 Å². The third-order valence-corrected chi connectivity index (χ3v) is 3.82. The van der Waals surface area contributed by atoms with Gasteiger partial charge in [0.1, 0.15) is 5.69 Å². The van der Waals surface area contributed by atoms with E-state index in [1.54, 1.807) is 0 Å². The van der Waals surface area contributed by atoms with Gasteiger partial charge in [0, 0.05) is 25.0 Å². The smallest absolute Gasteiger partial charge is 0.270 e. The fraction of sp³-hybridized carbons (Fsp3) is 0.294. The lowest BCUT2D eigenvalue weighted by atomic mass is 10.2. The molecule has 0 radical (unpaired) electrons. The number of rotatable bonds is 5. The summed E-state index contributed by atoms with van der Waals surface area (Å²) < 4.78 is 45.4. The highest BCUT2D eigenvalue weighted by Gasteiger charge is 2.18. The molecular formula is C17H16F3N3O2. The van der Waals surface area contributed by atoms with Crippen molar-refractivity contribution < 1.29 is 22.7 Å². The number of nitrogens with one attached hydrogen (secondary N) is 2. The number of anilines is 2. The van der Waals surface area contributed by atoms with Gasteiger partial charge in [-0.3, -0.25) is 9.78 Å². The van der Waals surface area contributed by atoms with Gasteiger partial charge in [0.2, 0.25) is 0 Å². The molecule has 0 spiro atoms. The first kappa shape index (κ1) is 17.2. The predicted octanol–water partition coefficient (Wildman–Crippen LogP) is 3.15. The molecule has 2 aromatic rings. The van der Waals surface area contributed by atoms with Gasteiger partial charge in [-0.1, -0.05) is 0 Å². The minimum absolute atomic E-state index is 0.00143. The van der Waals surface area contributed by atoms with Crippen LogP contribution in [-0.4, -0.2) is 30.1 Å². The molecule has 132 valence electrons. The van der Waals surface area contributed by atoms with Gasteiger partial charge >= 0.3 is 0 Å². The maximum absolute atomic E-state index is 13.7. The minimum Gasteiger partial charge on any atom is -0.376 e. The van der Waals surface area contributed by atoms with E-state index in [1.807, 2.05) is 0 Å². The van der Waals surface area contributed by atoms with E-state index in [1.165, 1.54) is 18.3 Å². The highest BCUT2D eigenvalue weighted by atomic mass is 19.2. The molecule has 1 aliphatic rings. The fourth-order valence-corrected chi connectivity index (χ4v) is 2.51. The Kier molecular flexibility index (Phi) is 5.18. The van der Waals surface area contributed by atoms with Crippen LogP contribution in [0.1, 0.15) is 23.3 Å². The Morgan fingerprint density at radius 3 is 2.84 bits per heavy atom. The van der Waals surface area contributed by atoms with Crippen LogP contribution in [0.2, 0.25) is 0 Å². The molecule has 1 aromatic carbocycles. The largest absolute Gasteiger partial charge is 0.376 e. The van der Waals surface area contributed by atoms with Crippen molar-refractivity contribution in [3.05, 3.63) is 53.6 Å². The molecule has 25 heavy (non-hydrogen) atoms. The molecule has 5 nitrogen and oxygen atoms in total. The third kappa shape index (κ3) is 4.08. The molecule has 1 aliphatic heterocycles. The second-order valence-corrected chi connectivity index (χ2v) is 5.62. The number of halogens is 3. The van der Waals surface area contributed by atoms with E-state index in [0.717, 1.165) is 25.0 Å². The first-order chi connectivity index (χ1) is 12.0. The Balaban J connectivity index is 1.68. The Morgan fingerprint density at radius 1 is 1.24 bits per heavy atom. The SMILES string of the molecule is O=C(NCC1CCCO1)c1cc(Nc2ccc(F)c(F)c2F)ccn1. The van der Waals surface area contributed by atoms with Crippen LogP contribution < -0.4 is 10.6 Å². The van der Waals surface area contributed by atoms with Crippen molar-refractivity contribution in [2.75, 3.05) is 18.5 Å². The van der Waals surface area contributed by atoms with Gasteiger partial charge in [0.05, 0.1) is 11.8 Å². The maximum Gasteiger partial charge on any atom is 0.270 e. The quantitative estimate of drug-likeness (QED) is 0.813. The van der Waals surface area contributed by atoms with E-state index in [9.17, 15) is 18.0 Å². The molecule has 1 atom stereocenters. The van der Waals surface area contributed by atoms with Crippen molar-refractivity contribution in [2.45, 2.75) is 18.9 Å². The van der Waals surface area contributed by atoms with Crippen LogP contribution >= 0.6 is 0 Å². The number of amides is 1. The molecule has 8 heteroatoms. The lowest BCUT2D eigenvalue weighted by molar-refractivity contribution is 0.0854. The topological polar surface area (TPSA) is 63.2 Å². The second kappa shape index (κ2) is 7.52. The van der Waals surface area contributed by atoms with Crippen LogP contribution in [0.15, 0.2) is 30.5 Å². The summed E-state index contributed by atoms with van der Waals surface area (Å²) in [6, 6.07) is 4.77. The average Bonchev–Trinajstić information content (AvgIpc) is 3.14. The van der Waals surface area contributed by atoms with Crippen molar-refractivity contribution in [1.29, 1.82) is 0 Å². The van der Waals surface area contributed by atoms with Gasteiger partial charge in [-0.15, -0.1) is 0 Å². The monoisotopic (exact) mass is 351 g/mol.